The average molecular weight is 252 g/mol. The highest BCUT2D eigenvalue weighted by Crippen LogP contribution is 2.33. The van der Waals surface area contributed by atoms with Gasteiger partial charge in [0.15, 0.2) is 0 Å². The van der Waals surface area contributed by atoms with Crippen molar-refractivity contribution in [3.8, 4) is 0 Å². The molecule has 2 fully saturated rings. The molecule has 0 aromatic heterocycles. The van der Waals surface area contributed by atoms with Gasteiger partial charge in [0.25, 0.3) is 0 Å². The van der Waals surface area contributed by atoms with Crippen molar-refractivity contribution in [2.75, 3.05) is 26.2 Å². The standard InChI is InChI=1S/C16H32N2/c1-3-12-18(13-14-8-10-17-11-9-14)16-7-5-6-15(16)4-2/h14-17H,3-13H2,1-2H3. The SMILES string of the molecule is CCCN(CC1CCNCC1)C1CCCC1CC. The minimum absolute atomic E-state index is 0.907. The monoisotopic (exact) mass is 252 g/mol. The summed E-state index contributed by atoms with van der Waals surface area (Å²) in [6.07, 6.45) is 9.90. The molecule has 1 aliphatic heterocycles. The molecule has 1 N–H and O–H groups in total. The Bertz CT molecular complexity index is 223. The molecule has 2 aliphatic rings. The highest BCUT2D eigenvalue weighted by molar-refractivity contribution is 4.86. The van der Waals surface area contributed by atoms with Gasteiger partial charge in [0.1, 0.15) is 0 Å². The Morgan fingerprint density at radius 2 is 1.83 bits per heavy atom. The van der Waals surface area contributed by atoms with Crippen molar-refractivity contribution in [1.29, 1.82) is 0 Å². The first-order valence-corrected chi connectivity index (χ1v) is 8.29. The van der Waals surface area contributed by atoms with Gasteiger partial charge >= 0.3 is 0 Å². The summed E-state index contributed by atoms with van der Waals surface area (Å²) in [5, 5.41) is 3.49. The molecule has 0 spiro atoms. The average Bonchev–Trinajstić information content (AvgIpc) is 2.87. The third kappa shape index (κ3) is 3.71. The third-order valence-corrected chi connectivity index (χ3v) is 5.07. The molecule has 0 radical (unpaired) electrons. The maximum Gasteiger partial charge on any atom is 0.0123 e. The highest BCUT2D eigenvalue weighted by Gasteiger charge is 2.31. The summed E-state index contributed by atoms with van der Waals surface area (Å²) in [4.78, 5) is 2.86. The number of rotatable bonds is 6. The predicted molar refractivity (Wildman–Crippen MR) is 78.9 cm³/mol. The molecule has 2 rings (SSSR count). The van der Waals surface area contributed by atoms with Crippen LogP contribution in [0.15, 0.2) is 0 Å². The van der Waals surface area contributed by atoms with E-state index in [0.29, 0.717) is 0 Å². The summed E-state index contributed by atoms with van der Waals surface area (Å²) in [5.74, 6) is 1.94. The van der Waals surface area contributed by atoms with Gasteiger partial charge in [-0.1, -0.05) is 26.7 Å². The van der Waals surface area contributed by atoms with Crippen molar-refractivity contribution >= 4 is 0 Å². The van der Waals surface area contributed by atoms with Gasteiger partial charge in [-0.2, -0.15) is 0 Å². The molecule has 18 heavy (non-hydrogen) atoms. The second kappa shape index (κ2) is 7.49. The van der Waals surface area contributed by atoms with E-state index in [0.717, 1.165) is 17.9 Å². The minimum Gasteiger partial charge on any atom is -0.317 e. The molecule has 106 valence electrons. The first-order chi connectivity index (χ1) is 8.85. The lowest BCUT2D eigenvalue weighted by Gasteiger charge is -2.36. The van der Waals surface area contributed by atoms with Gasteiger partial charge in [0.2, 0.25) is 0 Å². The van der Waals surface area contributed by atoms with Crippen molar-refractivity contribution in [1.82, 2.24) is 10.2 Å². The lowest BCUT2D eigenvalue weighted by molar-refractivity contribution is 0.123. The zero-order valence-corrected chi connectivity index (χ0v) is 12.5. The molecule has 0 amide bonds. The fourth-order valence-electron chi connectivity index (χ4n) is 4.05. The Balaban J connectivity index is 1.89. The molecule has 2 heteroatoms. The van der Waals surface area contributed by atoms with E-state index in [1.807, 2.05) is 0 Å². The van der Waals surface area contributed by atoms with Gasteiger partial charge in [0.05, 0.1) is 0 Å². The van der Waals surface area contributed by atoms with Crippen molar-refractivity contribution in [3.63, 3.8) is 0 Å². The fourth-order valence-corrected chi connectivity index (χ4v) is 4.05. The van der Waals surface area contributed by atoms with Crippen LogP contribution in [0.3, 0.4) is 0 Å². The molecule has 1 saturated heterocycles. The summed E-state index contributed by atoms with van der Waals surface area (Å²) in [6.45, 7) is 9.91. The molecule has 0 aromatic carbocycles. The van der Waals surface area contributed by atoms with Crippen LogP contribution in [0.1, 0.15) is 58.8 Å². The second-order valence-corrected chi connectivity index (χ2v) is 6.35. The van der Waals surface area contributed by atoms with Crippen molar-refractivity contribution in [2.24, 2.45) is 11.8 Å². The summed E-state index contributed by atoms with van der Waals surface area (Å²) in [6, 6.07) is 0.907. The summed E-state index contributed by atoms with van der Waals surface area (Å²) in [7, 11) is 0. The van der Waals surface area contributed by atoms with Crippen molar-refractivity contribution in [2.45, 2.75) is 64.8 Å². The van der Waals surface area contributed by atoms with Gasteiger partial charge in [-0.25, -0.2) is 0 Å². The molecule has 1 aliphatic carbocycles. The van der Waals surface area contributed by atoms with Gasteiger partial charge in [-0.3, -0.25) is 4.90 Å². The number of piperidine rings is 1. The van der Waals surface area contributed by atoms with E-state index in [-0.39, 0.29) is 0 Å². The predicted octanol–water partition coefficient (Wildman–Crippen LogP) is 3.28. The minimum atomic E-state index is 0.907. The number of hydrogen-bond donors (Lipinski definition) is 1. The lowest BCUT2D eigenvalue weighted by atomic mass is 9.94. The zero-order chi connectivity index (χ0) is 12.8. The molecule has 0 aromatic rings. The first kappa shape index (κ1) is 14.3. The Morgan fingerprint density at radius 3 is 2.50 bits per heavy atom. The summed E-state index contributed by atoms with van der Waals surface area (Å²) in [5.41, 5.74) is 0. The Kier molecular flexibility index (Phi) is 5.97. The van der Waals surface area contributed by atoms with Crippen molar-refractivity contribution < 1.29 is 0 Å². The molecule has 0 bridgehead atoms. The molecule has 2 nitrogen and oxygen atoms in total. The van der Waals surface area contributed by atoms with E-state index >= 15 is 0 Å². The van der Waals surface area contributed by atoms with Gasteiger partial charge in [-0.05, 0) is 63.6 Å². The van der Waals surface area contributed by atoms with E-state index in [1.54, 1.807) is 0 Å². The van der Waals surface area contributed by atoms with Crippen LogP contribution in [-0.4, -0.2) is 37.1 Å². The van der Waals surface area contributed by atoms with Crippen LogP contribution in [0.25, 0.3) is 0 Å². The Hall–Kier alpha value is -0.0800. The topological polar surface area (TPSA) is 15.3 Å². The first-order valence-electron chi connectivity index (χ1n) is 8.29. The van der Waals surface area contributed by atoms with Gasteiger partial charge in [-0.15, -0.1) is 0 Å². The van der Waals surface area contributed by atoms with E-state index < -0.39 is 0 Å². The zero-order valence-electron chi connectivity index (χ0n) is 12.5. The Labute approximate surface area is 114 Å². The van der Waals surface area contributed by atoms with E-state index in [4.69, 9.17) is 0 Å². The van der Waals surface area contributed by atoms with E-state index in [1.165, 1.54) is 71.1 Å². The van der Waals surface area contributed by atoms with Crippen LogP contribution in [0.2, 0.25) is 0 Å². The van der Waals surface area contributed by atoms with Crippen LogP contribution < -0.4 is 5.32 Å². The Morgan fingerprint density at radius 1 is 1.06 bits per heavy atom. The third-order valence-electron chi connectivity index (χ3n) is 5.07. The van der Waals surface area contributed by atoms with Gasteiger partial charge < -0.3 is 5.32 Å². The van der Waals surface area contributed by atoms with Gasteiger partial charge in [0, 0.05) is 12.6 Å². The molecular weight excluding hydrogens is 220 g/mol. The summed E-state index contributed by atoms with van der Waals surface area (Å²) >= 11 is 0. The maximum atomic E-state index is 3.49. The highest BCUT2D eigenvalue weighted by atomic mass is 15.2. The normalized spacial score (nSPS) is 30.2. The van der Waals surface area contributed by atoms with Crippen molar-refractivity contribution in [3.05, 3.63) is 0 Å². The molecular formula is C16H32N2. The van der Waals surface area contributed by atoms with Crippen LogP contribution in [0.4, 0.5) is 0 Å². The van der Waals surface area contributed by atoms with E-state index in [2.05, 4.69) is 24.1 Å². The molecule has 1 saturated carbocycles. The van der Waals surface area contributed by atoms with Crippen LogP contribution in [0, 0.1) is 11.8 Å². The van der Waals surface area contributed by atoms with Crippen LogP contribution in [-0.2, 0) is 0 Å². The fraction of sp³-hybridized carbons (Fsp3) is 1.00. The number of nitrogens with one attached hydrogen (secondary N) is 1. The van der Waals surface area contributed by atoms with Crippen LogP contribution >= 0.6 is 0 Å². The number of nitrogens with zero attached hydrogens (tertiary/aromatic N) is 1. The largest absolute Gasteiger partial charge is 0.317 e. The smallest absolute Gasteiger partial charge is 0.0123 e. The molecule has 2 atom stereocenters. The maximum absolute atomic E-state index is 3.49. The van der Waals surface area contributed by atoms with Crippen LogP contribution in [0.5, 0.6) is 0 Å². The lowest BCUT2D eigenvalue weighted by Crippen LogP contribution is -2.43. The molecule has 2 unspecified atom stereocenters. The number of hydrogen-bond acceptors (Lipinski definition) is 2. The quantitative estimate of drug-likeness (QED) is 0.780. The van der Waals surface area contributed by atoms with E-state index in [9.17, 15) is 0 Å². The summed E-state index contributed by atoms with van der Waals surface area (Å²) < 4.78 is 0. The second-order valence-electron chi connectivity index (χ2n) is 6.35. The molecule has 1 heterocycles.